The summed E-state index contributed by atoms with van der Waals surface area (Å²) in [5, 5.41) is 0.840. The van der Waals surface area contributed by atoms with E-state index >= 15 is 0 Å². The Kier molecular flexibility index (Phi) is 4.80. The number of hydrogen-bond donors (Lipinski definition) is 0. The molecule has 4 heterocycles. The Labute approximate surface area is 200 Å². The van der Waals surface area contributed by atoms with Crippen molar-refractivity contribution in [1.29, 1.82) is 0 Å². The molecule has 0 amide bonds. The van der Waals surface area contributed by atoms with Crippen LogP contribution in [0.25, 0.3) is 39.1 Å². The zero-order valence-corrected chi connectivity index (χ0v) is 21.6. The van der Waals surface area contributed by atoms with Gasteiger partial charge < -0.3 is 0 Å². The van der Waals surface area contributed by atoms with Gasteiger partial charge in [-0.1, -0.05) is 59.2 Å². The van der Waals surface area contributed by atoms with Gasteiger partial charge in [-0.25, -0.2) is 19.9 Å². The maximum Gasteiger partial charge on any atom is 0.168 e. The third-order valence-electron chi connectivity index (χ3n) is 6.31. The number of rotatable bonds is 1. The normalized spacial score (nSPS) is 12.9. The Bertz CT molecular complexity index is 1570. The predicted molar refractivity (Wildman–Crippen MR) is 138 cm³/mol. The molecule has 0 saturated carbocycles. The van der Waals surface area contributed by atoms with Gasteiger partial charge >= 0.3 is 0 Å². The minimum atomic E-state index is -0.177. The van der Waals surface area contributed by atoms with Crippen LogP contribution >= 0.6 is 0 Å². The fraction of sp³-hybridized carbons (Fsp3) is 0.393. The lowest BCUT2D eigenvalue weighted by molar-refractivity contribution is 0.547. The Morgan fingerprint density at radius 2 is 1.41 bits per heavy atom. The van der Waals surface area contributed by atoms with Crippen LogP contribution in [0.3, 0.4) is 0 Å². The van der Waals surface area contributed by atoms with Gasteiger partial charge in [0.1, 0.15) is 11.6 Å². The molecule has 0 aliphatic rings. The van der Waals surface area contributed by atoms with Crippen LogP contribution in [0, 0.1) is 20.8 Å². The lowest BCUT2D eigenvalue weighted by Crippen LogP contribution is -2.16. The number of pyridine rings is 1. The molecule has 0 aliphatic heterocycles. The number of benzene rings is 1. The van der Waals surface area contributed by atoms with Crippen LogP contribution in [0.4, 0.5) is 0 Å². The average molecular weight is 453 g/mol. The predicted octanol–water partition coefficient (Wildman–Crippen LogP) is 6.41. The highest BCUT2D eigenvalue weighted by Gasteiger charge is 2.24. The maximum atomic E-state index is 5.14. The van der Waals surface area contributed by atoms with Crippen LogP contribution in [-0.2, 0) is 10.8 Å². The van der Waals surface area contributed by atoms with Crippen molar-refractivity contribution in [2.75, 3.05) is 0 Å². The quantitative estimate of drug-likeness (QED) is 0.294. The highest BCUT2D eigenvalue weighted by molar-refractivity contribution is 5.96. The third-order valence-corrected chi connectivity index (χ3v) is 6.31. The number of imidazole rings is 1. The maximum absolute atomic E-state index is 5.14. The lowest BCUT2D eigenvalue weighted by Gasteiger charge is -2.18. The molecule has 6 nitrogen and oxygen atoms in total. The molecule has 1 aromatic carbocycles. The summed E-state index contributed by atoms with van der Waals surface area (Å²) in [6.07, 6.45) is 3.80. The molecule has 4 aromatic heterocycles. The topological polar surface area (TPSA) is 68.9 Å². The fourth-order valence-electron chi connectivity index (χ4n) is 4.61. The zero-order chi connectivity index (χ0) is 24.6. The Morgan fingerprint density at radius 1 is 0.735 bits per heavy atom. The molecule has 0 bridgehead atoms. The molecule has 0 unspecified atom stereocenters. The van der Waals surface area contributed by atoms with Gasteiger partial charge in [0.05, 0.1) is 22.6 Å². The average Bonchev–Trinajstić information content (AvgIpc) is 3.10. The monoisotopic (exact) mass is 452 g/mol. The highest BCUT2D eigenvalue weighted by Crippen LogP contribution is 2.34. The van der Waals surface area contributed by atoms with Crippen molar-refractivity contribution in [3.8, 4) is 11.4 Å². The van der Waals surface area contributed by atoms with Crippen molar-refractivity contribution in [2.45, 2.75) is 73.1 Å². The summed E-state index contributed by atoms with van der Waals surface area (Å²) >= 11 is 0. The largest absolute Gasteiger partial charge is 0.274 e. The zero-order valence-electron chi connectivity index (χ0n) is 21.6. The first kappa shape index (κ1) is 22.4. The molecule has 6 heteroatoms. The van der Waals surface area contributed by atoms with Crippen LogP contribution in [0.2, 0.25) is 0 Å². The first-order valence-electron chi connectivity index (χ1n) is 11.8. The van der Waals surface area contributed by atoms with E-state index in [-0.39, 0.29) is 10.8 Å². The summed E-state index contributed by atoms with van der Waals surface area (Å²) in [5.41, 5.74) is 8.77. The fourth-order valence-corrected chi connectivity index (χ4v) is 4.61. The molecule has 5 aromatic rings. The van der Waals surface area contributed by atoms with Crippen LogP contribution in [-0.4, -0.2) is 29.3 Å². The standard InChI is InChI=1S/C28H32N6/c1-15-10-16(2)22(17(3)11-15)25-32-23-18(13-30-26(33-23)28(7,8)9)24-31-19-12-21(27(4,5)6)29-14-20(19)34(24)25/h10-14H,1-9H3. The molecule has 34 heavy (non-hydrogen) atoms. The molecule has 0 spiro atoms. The molecular formula is C28H32N6. The van der Waals surface area contributed by atoms with E-state index < -0.39 is 0 Å². The van der Waals surface area contributed by atoms with Gasteiger partial charge in [-0.3, -0.25) is 9.38 Å². The van der Waals surface area contributed by atoms with Gasteiger partial charge in [0, 0.05) is 28.3 Å². The Hall–Kier alpha value is -3.41. The molecule has 5 rings (SSSR count). The second-order valence-electron chi connectivity index (χ2n) is 11.5. The van der Waals surface area contributed by atoms with E-state index in [0.29, 0.717) is 5.65 Å². The summed E-state index contributed by atoms with van der Waals surface area (Å²) < 4.78 is 2.13. The smallest absolute Gasteiger partial charge is 0.168 e. The molecule has 174 valence electrons. The van der Waals surface area contributed by atoms with Crippen molar-refractivity contribution in [2.24, 2.45) is 0 Å². The van der Waals surface area contributed by atoms with Gasteiger partial charge in [-0.15, -0.1) is 0 Å². The van der Waals surface area contributed by atoms with Crippen LogP contribution < -0.4 is 0 Å². The Morgan fingerprint density at radius 3 is 2.03 bits per heavy atom. The van der Waals surface area contributed by atoms with Gasteiger partial charge in [0.15, 0.2) is 11.3 Å². The first-order valence-corrected chi connectivity index (χ1v) is 11.8. The van der Waals surface area contributed by atoms with E-state index in [9.17, 15) is 0 Å². The first-order chi connectivity index (χ1) is 15.8. The highest BCUT2D eigenvalue weighted by atomic mass is 15.1. The van der Waals surface area contributed by atoms with Crippen molar-refractivity contribution >= 4 is 27.7 Å². The molecule has 0 fully saturated rings. The number of fused-ring (bicyclic) bond motifs is 5. The van der Waals surface area contributed by atoms with Gasteiger partial charge in [-0.05, 0) is 38.0 Å². The van der Waals surface area contributed by atoms with Crippen LogP contribution in [0.15, 0.2) is 30.6 Å². The molecule has 0 atom stereocenters. The molecule has 0 N–H and O–H groups in total. The van der Waals surface area contributed by atoms with E-state index in [1.54, 1.807) is 0 Å². The molecule has 0 radical (unpaired) electrons. The summed E-state index contributed by atoms with van der Waals surface area (Å²) in [7, 11) is 0. The minimum Gasteiger partial charge on any atom is -0.274 e. The van der Waals surface area contributed by atoms with E-state index in [2.05, 4.69) is 89.9 Å². The van der Waals surface area contributed by atoms with Gasteiger partial charge in [-0.2, -0.15) is 0 Å². The SMILES string of the molecule is Cc1cc(C)c(-c2nc3nc(C(C)(C)C)ncc3c3nc4cc(C(C)(C)C)ncc4n23)c(C)c1. The molecular weight excluding hydrogens is 420 g/mol. The summed E-state index contributed by atoms with van der Waals surface area (Å²) in [6.45, 7) is 19.3. The number of hydrogen-bond acceptors (Lipinski definition) is 5. The second-order valence-corrected chi connectivity index (χ2v) is 11.5. The van der Waals surface area contributed by atoms with E-state index in [0.717, 1.165) is 45.0 Å². The van der Waals surface area contributed by atoms with Crippen molar-refractivity contribution in [3.63, 3.8) is 0 Å². The van der Waals surface area contributed by atoms with Gasteiger partial charge in [0.2, 0.25) is 0 Å². The van der Waals surface area contributed by atoms with Crippen molar-refractivity contribution in [3.05, 3.63) is 58.8 Å². The number of nitrogens with zero attached hydrogens (tertiary/aromatic N) is 6. The van der Waals surface area contributed by atoms with E-state index in [1.807, 2.05) is 12.4 Å². The second kappa shape index (κ2) is 7.29. The van der Waals surface area contributed by atoms with E-state index in [1.165, 1.54) is 16.7 Å². The van der Waals surface area contributed by atoms with Crippen LogP contribution in [0.1, 0.15) is 69.8 Å². The van der Waals surface area contributed by atoms with Crippen molar-refractivity contribution < 1.29 is 0 Å². The minimum absolute atomic E-state index is 0.0675. The van der Waals surface area contributed by atoms with Crippen molar-refractivity contribution in [1.82, 2.24) is 29.3 Å². The summed E-state index contributed by atoms with van der Waals surface area (Å²) in [6, 6.07) is 6.50. The Balaban J connectivity index is 1.96. The van der Waals surface area contributed by atoms with Gasteiger partial charge in [0.25, 0.3) is 0 Å². The molecule has 0 saturated heterocycles. The van der Waals surface area contributed by atoms with Crippen LogP contribution in [0.5, 0.6) is 0 Å². The number of aryl methyl sites for hydroxylation is 3. The molecule has 0 aliphatic carbocycles. The lowest BCUT2D eigenvalue weighted by atomic mass is 9.91. The summed E-state index contributed by atoms with van der Waals surface area (Å²) in [4.78, 5) is 24.6. The third kappa shape index (κ3) is 3.52. The summed E-state index contributed by atoms with van der Waals surface area (Å²) in [5.74, 6) is 1.61. The van der Waals surface area contributed by atoms with E-state index in [4.69, 9.17) is 19.9 Å². The number of aromatic nitrogens is 6.